The van der Waals surface area contributed by atoms with Crippen molar-refractivity contribution in [3.05, 3.63) is 45.2 Å². The molecule has 2 aromatic rings. The van der Waals surface area contributed by atoms with Crippen molar-refractivity contribution in [1.82, 2.24) is 20.3 Å². The Morgan fingerprint density at radius 1 is 1.28 bits per heavy atom. The highest BCUT2D eigenvalue weighted by atomic mass is 35.5. The number of hydrogen-bond acceptors (Lipinski definition) is 3. The van der Waals surface area contributed by atoms with Crippen LogP contribution in [-0.4, -0.2) is 20.9 Å². The highest BCUT2D eigenvalue weighted by Gasteiger charge is 2.16. The fraction of sp³-hybridized carbons (Fsp3) is 0.100. The van der Waals surface area contributed by atoms with E-state index in [-0.39, 0.29) is 27.3 Å². The van der Waals surface area contributed by atoms with Gasteiger partial charge in [0.2, 0.25) is 0 Å². The van der Waals surface area contributed by atoms with Gasteiger partial charge in [-0.2, -0.15) is 0 Å². The lowest BCUT2D eigenvalue weighted by molar-refractivity contribution is 0.0945. The first-order chi connectivity index (χ1) is 8.59. The molecule has 0 bridgehead atoms. The van der Waals surface area contributed by atoms with E-state index in [0.29, 0.717) is 5.82 Å². The molecule has 0 aromatic carbocycles. The number of rotatable bonds is 3. The van der Waals surface area contributed by atoms with Gasteiger partial charge in [0.25, 0.3) is 5.91 Å². The van der Waals surface area contributed by atoms with Crippen LogP contribution in [0.3, 0.4) is 0 Å². The van der Waals surface area contributed by atoms with Gasteiger partial charge in [-0.05, 0) is 0 Å². The first-order valence-corrected chi connectivity index (χ1v) is 5.99. The van der Waals surface area contributed by atoms with Gasteiger partial charge in [-0.25, -0.2) is 9.97 Å². The lowest BCUT2D eigenvalue weighted by Crippen LogP contribution is -2.24. The van der Waals surface area contributed by atoms with Crippen molar-refractivity contribution in [2.75, 3.05) is 0 Å². The SMILES string of the molecule is O=C(NCc1ncc[nH]1)c1ncc(Cl)c(Cl)c1Cl. The number of carbonyl (C=O) groups is 1. The quantitative estimate of drug-likeness (QED) is 0.916. The molecule has 18 heavy (non-hydrogen) atoms. The standard InChI is InChI=1S/C10H7Cl3N4O/c11-5-3-16-9(8(13)7(5)12)10(18)17-4-6-14-1-2-15-6/h1-3H,4H2,(H,14,15)(H,17,18). The molecule has 0 atom stereocenters. The van der Waals surface area contributed by atoms with Crippen molar-refractivity contribution < 1.29 is 4.79 Å². The normalized spacial score (nSPS) is 10.4. The van der Waals surface area contributed by atoms with Gasteiger partial charge in [-0.3, -0.25) is 4.79 Å². The van der Waals surface area contributed by atoms with E-state index in [1.54, 1.807) is 12.4 Å². The van der Waals surface area contributed by atoms with Crippen LogP contribution < -0.4 is 5.32 Å². The third-order valence-electron chi connectivity index (χ3n) is 2.10. The van der Waals surface area contributed by atoms with Crippen LogP contribution in [0, 0.1) is 0 Å². The number of nitrogens with zero attached hydrogens (tertiary/aromatic N) is 2. The molecule has 0 aliphatic heterocycles. The summed E-state index contributed by atoms with van der Waals surface area (Å²) in [5.41, 5.74) is 0.0256. The van der Waals surface area contributed by atoms with Crippen LogP contribution in [0.15, 0.2) is 18.6 Å². The second-order valence-corrected chi connectivity index (χ2v) is 4.46. The Balaban J connectivity index is 2.12. The molecule has 0 spiro atoms. The van der Waals surface area contributed by atoms with Crippen LogP contribution in [-0.2, 0) is 6.54 Å². The summed E-state index contributed by atoms with van der Waals surface area (Å²) in [5.74, 6) is 0.175. The second kappa shape index (κ2) is 5.56. The highest BCUT2D eigenvalue weighted by Crippen LogP contribution is 2.30. The molecule has 0 unspecified atom stereocenters. The van der Waals surface area contributed by atoms with Crippen LogP contribution in [0.25, 0.3) is 0 Å². The van der Waals surface area contributed by atoms with E-state index in [9.17, 15) is 4.79 Å². The van der Waals surface area contributed by atoms with E-state index < -0.39 is 5.91 Å². The molecule has 2 aromatic heterocycles. The van der Waals surface area contributed by atoms with Gasteiger partial charge in [0.15, 0.2) is 0 Å². The van der Waals surface area contributed by atoms with Crippen LogP contribution in [0.5, 0.6) is 0 Å². The van der Waals surface area contributed by atoms with E-state index >= 15 is 0 Å². The number of aromatic nitrogens is 3. The van der Waals surface area contributed by atoms with E-state index in [1.807, 2.05) is 0 Å². The molecular weight excluding hydrogens is 298 g/mol. The third kappa shape index (κ3) is 2.75. The van der Waals surface area contributed by atoms with Gasteiger partial charge in [0, 0.05) is 18.6 Å². The zero-order chi connectivity index (χ0) is 13.1. The Morgan fingerprint density at radius 3 is 2.72 bits per heavy atom. The summed E-state index contributed by atoms with van der Waals surface area (Å²) in [6.07, 6.45) is 4.52. The maximum Gasteiger partial charge on any atom is 0.271 e. The molecule has 2 rings (SSSR count). The largest absolute Gasteiger partial charge is 0.347 e. The topological polar surface area (TPSA) is 70.7 Å². The maximum absolute atomic E-state index is 11.8. The zero-order valence-corrected chi connectivity index (χ0v) is 11.1. The van der Waals surface area contributed by atoms with Gasteiger partial charge in [-0.15, -0.1) is 0 Å². The zero-order valence-electron chi connectivity index (χ0n) is 8.88. The molecular formula is C10H7Cl3N4O. The predicted molar refractivity (Wildman–Crippen MR) is 69.0 cm³/mol. The number of aromatic amines is 1. The van der Waals surface area contributed by atoms with Gasteiger partial charge in [-0.1, -0.05) is 34.8 Å². The molecule has 0 fully saturated rings. The second-order valence-electron chi connectivity index (χ2n) is 3.30. The van der Waals surface area contributed by atoms with Crippen molar-refractivity contribution in [2.24, 2.45) is 0 Å². The first-order valence-electron chi connectivity index (χ1n) is 4.85. The molecule has 94 valence electrons. The summed E-state index contributed by atoms with van der Waals surface area (Å²) in [7, 11) is 0. The van der Waals surface area contributed by atoms with Gasteiger partial charge in [0.05, 0.1) is 21.6 Å². The smallest absolute Gasteiger partial charge is 0.271 e. The van der Waals surface area contributed by atoms with Crippen molar-refractivity contribution >= 4 is 40.7 Å². The van der Waals surface area contributed by atoms with Crippen LogP contribution >= 0.6 is 34.8 Å². The minimum atomic E-state index is -0.449. The van der Waals surface area contributed by atoms with Crippen LogP contribution in [0.2, 0.25) is 15.1 Å². The summed E-state index contributed by atoms with van der Waals surface area (Å²) >= 11 is 17.4. The summed E-state index contributed by atoms with van der Waals surface area (Å²) in [4.78, 5) is 22.5. The van der Waals surface area contributed by atoms with Crippen molar-refractivity contribution in [3.8, 4) is 0 Å². The van der Waals surface area contributed by atoms with E-state index in [1.165, 1.54) is 6.20 Å². The Kier molecular flexibility index (Phi) is 4.06. The lowest BCUT2D eigenvalue weighted by atomic mass is 10.3. The van der Waals surface area contributed by atoms with Crippen molar-refractivity contribution in [3.63, 3.8) is 0 Å². The molecule has 1 amide bonds. The third-order valence-corrected chi connectivity index (χ3v) is 3.34. The molecule has 0 aliphatic carbocycles. The van der Waals surface area contributed by atoms with E-state index in [0.717, 1.165) is 0 Å². The monoisotopic (exact) mass is 304 g/mol. The maximum atomic E-state index is 11.8. The molecule has 0 saturated carbocycles. The van der Waals surface area contributed by atoms with E-state index in [2.05, 4.69) is 20.3 Å². The molecule has 0 radical (unpaired) electrons. The summed E-state index contributed by atoms with van der Waals surface area (Å²) in [6, 6.07) is 0. The van der Waals surface area contributed by atoms with Gasteiger partial charge in [0.1, 0.15) is 11.5 Å². The predicted octanol–water partition coefficient (Wildman–Crippen LogP) is 2.69. The van der Waals surface area contributed by atoms with Crippen molar-refractivity contribution in [2.45, 2.75) is 6.54 Å². The molecule has 8 heteroatoms. The van der Waals surface area contributed by atoms with Gasteiger partial charge >= 0.3 is 0 Å². The number of H-pyrrole nitrogens is 1. The minimum Gasteiger partial charge on any atom is -0.347 e. The number of nitrogens with one attached hydrogen (secondary N) is 2. The number of imidazole rings is 1. The summed E-state index contributed by atoms with van der Waals surface area (Å²) in [6.45, 7) is 0.240. The molecule has 2 heterocycles. The average molecular weight is 306 g/mol. The van der Waals surface area contributed by atoms with E-state index in [4.69, 9.17) is 34.8 Å². The molecule has 5 nitrogen and oxygen atoms in total. The highest BCUT2D eigenvalue weighted by molar-refractivity contribution is 6.48. The number of carbonyl (C=O) groups excluding carboxylic acids is 1. The van der Waals surface area contributed by atoms with Crippen molar-refractivity contribution in [1.29, 1.82) is 0 Å². The first kappa shape index (κ1) is 13.1. The fourth-order valence-corrected chi connectivity index (χ4v) is 1.81. The number of hydrogen-bond donors (Lipinski definition) is 2. The molecule has 0 saturated heterocycles. The Bertz CT molecular complexity index is 571. The lowest BCUT2D eigenvalue weighted by Gasteiger charge is -2.06. The fourth-order valence-electron chi connectivity index (χ4n) is 1.24. The Labute approximate surface area is 117 Å². The van der Waals surface area contributed by atoms with Gasteiger partial charge < -0.3 is 10.3 Å². The number of halogens is 3. The summed E-state index contributed by atoms with van der Waals surface area (Å²) < 4.78 is 0. The Hall–Kier alpha value is -1.30. The summed E-state index contributed by atoms with van der Waals surface area (Å²) in [5, 5.41) is 2.94. The Morgan fingerprint density at radius 2 is 2.06 bits per heavy atom. The number of pyridine rings is 1. The molecule has 2 N–H and O–H groups in total. The minimum absolute atomic E-state index is 0.0256. The van der Waals surface area contributed by atoms with Crippen LogP contribution in [0.4, 0.5) is 0 Å². The average Bonchev–Trinajstić information content (AvgIpc) is 2.86. The number of amides is 1. The molecule has 0 aliphatic rings. The van der Waals surface area contributed by atoms with Crippen LogP contribution in [0.1, 0.15) is 16.3 Å².